The van der Waals surface area contributed by atoms with Gasteiger partial charge in [0.05, 0.1) is 11.6 Å². The van der Waals surface area contributed by atoms with Crippen LogP contribution in [0.5, 0.6) is 0 Å². The van der Waals surface area contributed by atoms with Gasteiger partial charge in [-0.1, -0.05) is 18.5 Å². The predicted molar refractivity (Wildman–Crippen MR) is 108 cm³/mol. The van der Waals surface area contributed by atoms with Crippen LogP contribution in [0.15, 0.2) is 10.9 Å². The number of carbonyl (C=O) groups excluding carboxylic acids is 2. The number of aromatic amines is 1. The zero-order chi connectivity index (χ0) is 20.7. The normalized spacial score (nSPS) is 16.5. The number of amides is 1. The van der Waals surface area contributed by atoms with Crippen LogP contribution in [-0.2, 0) is 9.53 Å². The first-order valence-corrected chi connectivity index (χ1v) is 10.0. The van der Waals surface area contributed by atoms with Crippen molar-refractivity contribution in [2.45, 2.75) is 33.1 Å². The Morgan fingerprint density at radius 1 is 1.43 bits per heavy atom. The lowest BCUT2D eigenvalue weighted by Crippen LogP contribution is -2.41. The summed E-state index contributed by atoms with van der Waals surface area (Å²) >= 11 is 5.88. The molecule has 0 radical (unpaired) electrons. The lowest BCUT2D eigenvalue weighted by molar-refractivity contribution is -0.144. The molecule has 2 rings (SSSR count). The summed E-state index contributed by atoms with van der Waals surface area (Å²) in [6.07, 6.45) is 2.33. The second-order valence-corrected chi connectivity index (χ2v) is 7.75. The maximum Gasteiger partial charge on any atom is 0.306 e. The van der Waals surface area contributed by atoms with Crippen molar-refractivity contribution in [2.75, 3.05) is 38.5 Å². The molecule has 1 aliphatic rings. The molecule has 0 saturated carbocycles. The van der Waals surface area contributed by atoms with Gasteiger partial charge in [0, 0.05) is 19.5 Å². The van der Waals surface area contributed by atoms with Crippen molar-refractivity contribution < 1.29 is 14.3 Å². The number of hydrogen-bond donors (Lipinski definition) is 3. The molecule has 156 valence electrons. The van der Waals surface area contributed by atoms with E-state index >= 15 is 0 Å². The van der Waals surface area contributed by atoms with Crippen molar-refractivity contribution in [1.29, 1.82) is 0 Å². The Bertz CT molecular complexity index is 744. The van der Waals surface area contributed by atoms with Crippen LogP contribution in [0.2, 0.25) is 5.02 Å². The second kappa shape index (κ2) is 10.5. The Kier molecular flexibility index (Phi) is 8.32. The van der Waals surface area contributed by atoms with E-state index in [1.807, 2.05) is 6.92 Å². The molecular weight excluding hydrogens is 384 g/mol. The predicted octanol–water partition coefficient (Wildman–Crippen LogP) is 1.64. The van der Waals surface area contributed by atoms with E-state index in [9.17, 15) is 14.4 Å². The van der Waals surface area contributed by atoms with Gasteiger partial charge in [-0.2, -0.15) is 0 Å². The first kappa shape index (κ1) is 22.2. The topological polar surface area (TPSA) is 118 Å². The Morgan fingerprint density at radius 3 is 2.75 bits per heavy atom. The molecule has 28 heavy (non-hydrogen) atoms. The minimum atomic E-state index is -0.551. The number of anilines is 1. The van der Waals surface area contributed by atoms with Gasteiger partial charge in [0.2, 0.25) is 0 Å². The molecule has 1 aliphatic heterocycles. The number of nitrogens with one attached hydrogen (secondary N) is 2. The van der Waals surface area contributed by atoms with E-state index in [2.05, 4.69) is 22.1 Å². The molecular formula is C19H29ClN4O4. The summed E-state index contributed by atoms with van der Waals surface area (Å²) < 4.78 is 4.99. The number of aromatic nitrogens is 1. The standard InChI is InChI=1S/C19H29ClN4O4/c1-3-28-16(25)8-12(2)11-24-6-4-13(5-7-24)10-22-18(26)14-9-15(20)17(21)23-19(14)27/h9,12-13H,3-8,10-11H2,1-2H3,(H,22,26)(H3,21,23,27). The number of H-pyrrole nitrogens is 1. The van der Waals surface area contributed by atoms with E-state index in [0.717, 1.165) is 32.5 Å². The first-order valence-electron chi connectivity index (χ1n) is 9.64. The number of rotatable bonds is 8. The van der Waals surface area contributed by atoms with Gasteiger partial charge in [0.15, 0.2) is 0 Å². The van der Waals surface area contributed by atoms with Gasteiger partial charge in [-0.15, -0.1) is 0 Å². The summed E-state index contributed by atoms with van der Waals surface area (Å²) in [6.45, 7) is 7.48. The highest BCUT2D eigenvalue weighted by atomic mass is 35.5. The highest BCUT2D eigenvalue weighted by molar-refractivity contribution is 6.33. The van der Waals surface area contributed by atoms with Crippen molar-refractivity contribution in [1.82, 2.24) is 15.2 Å². The Morgan fingerprint density at radius 2 is 2.11 bits per heavy atom. The van der Waals surface area contributed by atoms with Crippen molar-refractivity contribution in [3.8, 4) is 0 Å². The van der Waals surface area contributed by atoms with Gasteiger partial charge in [-0.3, -0.25) is 14.4 Å². The van der Waals surface area contributed by atoms with Gasteiger partial charge in [-0.05, 0) is 50.8 Å². The van der Waals surface area contributed by atoms with E-state index in [4.69, 9.17) is 22.1 Å². The number of halogens is 1. The van der Waals surface area contributed by atoms with Crippen molar-refractivity contribution in [2.24, 2.45) is 11.8 Å². The number of esters is 1. The number of pyridine rings is 1. The first-order chi connectivity index (χ1) is 13.3. The molecule has 1 aromatic heterocycles. The Balaban J connectivity index is 1.74. The summed E-state index contributed by atoms with van der Waals surface area (Å²) in [5.74, 6) is 0.0490. The highest BCUT2D eigenvalue weighted by Crippen LogP contribution is 2.19. The van der Waals surface area contributed by atoms with Crippen LogP contribution < -0.4 is 16.6 Å². The van der Waals surface area contributed by atoms with Crippen LogP contribution in [0.3, 0.4) is 0 Å². The summed E-state index contributed by atoms with van der Waals surface area (Å²) in [7, 11) is 0. The lowest BCUT2D eigenvalue weighted by atomic mass is 9.95. The van der Waals surface area contributed by atoms with Gasteiger partial charge >= 0.3 is 5.97 Å². The molecule has 0 bridgehead atoms. The Hall–Kier alpha value is -2.06. The highest BCUT2D eigenvalue weighted by Gasteiger charge is 2.22. The van der Waals surface area contributed by atoms with Gasteiger partial charge in [0.25, 0.3) is 11.5 Å². The third-order valence-electron chi connectivity index (χ3n) is 4.91. The molecule has 9 heteroatoms. The average molecular weight is 413 g/mol. The van der Waals surface area contributed by atoms with Crippen LogP contribution >= 0.6 is 11.6 Å². The fourth-order valence-electron chi connectivity index (χ4n) is 3.40. The van der Waals surface area contributed by atoms with Crippen LogP contribution in [0.4, 0.5) is 5.82 Å². The fraction of sp³-hybridized carbons (Fsp3) is 0.632. The third kappa shape index (κ3) is 6.53. The quantitative estimate of drug-likeness (QED) is 0.559. The SMILES string of the molecule is CCOC(=O)CC(C)CN1CCC(CNC(=O)c2cc(Cl)c(N)[nH]c2=O)CC1. The zero-order valence-electron chi connectivity index (χ0n) is 16.4. The molecule has 8 nitrogen and oxygen atoms in total. The number of nitrogens with zero attached hydrogens (tertiary/aromatic N) is 1. The molecule has 1 atom stereocenters. The number of hydrogen-bond acceptors (Lipinski definition) is 6. The molecule has 1 saturated heterocycles. The molecule has 4 N–H and O–H groups in total. The van der Waals surface area contributed by atoms with Crippen LogP contribution in [0.1, 0.15) is 43.5 Å². The largest absolute Gasteiger partial charge is 0.466 e. The second-order valence-electron chi connectivity index (χ2n) is 7.34. The summed E-state index contributed by atoms with van der Waals surface area (Å²) in [6, 6.07) is 1.29. The van der Waals surface area contributed by atoms with Crippen LogP contribution in [-0.4, -0.2) is 54.5 Å². The minimum Gasteiger partial charge on any atom is -0.466 e. The molecule has 1 unspecified atom stereocenters. The molecule has 2 heterocycles. The summed E-state index contributed by atoms with van der Waals surface area (Å²) in [5, 5.41) is 2.96. The monoisotopic (exact) mass is 412 g/mol. The van der Waals surface area contributed by atoms with Gasteiger partial charge in [-0.25, -0.2) is 0 Å². The van der Waals surface area contributed by atoms with Crippen molar-refractivity contribution in [3.05, 3.63) is 27.0 Å². The number of likely N-dealkylation sites (tertiary alicyclic amines) is 1. The number of nitrogen functional groups attached to an aromatic ring is 1. The third-order valence-corrected chi connectivity index (χ3v) is 5.23. The molecule has 1 fully saturated rings. The number of ether oxygens (including phenoxy) is 1. The molecule has 0 spiro atoms. The minimum absolute atomic E-state index is 0.0376. The van der Waals surface area contributed by atoms with E-state index < -0.39 is 11.5 Å². The van der Waals surface area contributed by atoms with E-state index in [-0.39, 0.29) is 28.3 Å². The number of piperidine rings is 1. The van der Waals surface area contributed by atoms with E-state index in [0.29, 0.717) is 25.5 Å². The zero-order valence-corrected chi connectivity index (χ0v) is 17.2. The van der Waals surface area contributed by atoms with Crippen LogP contribution in [0, 0.1) is 11.8 Å². The van der Waals surface area contributed by atoms with Gasteiger partial charge in [0.1, 0.15) is 11.4 Å². The maximum absolute atomic E-state index is 12.3. The van der Waals surface area contributed by atoms with Gasteiger partial charge < -0.3 is 25.7 Å². The summed E-state index contributed by atoms with van der Waals surface area (Å²) in [4.78, 5) is 40.4. The van der Waals surface area contributed by atoms with Crippen LogP contribution in [0.25, 0.3) is 0 Å². The fourth-order valence-corrected chi connectivity index (χ4v) is 3.56. The summed E-state index contributed by atoms with van der Waals surface area (Å²) in [5.41, 5.74) is 4.93. The number of nitrogens with two attached hydrogens (primary N) is 1. The molecule has 0 aliphatic carbocycles. The van der Waals surface area contributed by atoms with E-state index in [1.165, 1.54) is 6.07 Å². The molecule has 0 aromatic carbocycles. The van der Waals surface area contributed by atoms with Crippen molar-refractivity contribution >= 4 is 29.3 Å². The van der Waals surface area contributed by atoms with E-state index in [1.54, 1.807) is 0 Å². The number of carbonyl (C=O) groups is 2. The molecule has 1 amide bonds. The lowest BCUT2D eigenvalue weighted by Gasteiger charge is -2.33. The molecule has 1 aromatic rings. The average Bonchev–Trinajstić information content (AvgIpc) is 2.64. The van der Waals surface area contributed by atoms with Crippen molar-refractivity contribution in [3.63, 3.8) is 0 Å². The Labute approximate surface area is 169 Å². The smallest absolute Gasteiger partial charge is 0.306 e. The maximum atomic E-state index is 12.3.